The van der Waals surface area contributed by atoms with E-state index in [9.17, 15) is 25.9 Å². The van der Waals surface area contributed by atoms with E-state index in [4.69, 9.17) is 0 Å². The van der Waals surface area contributed by atoms with Gasteiger partial charge < -0.3 is 9.11 Å². The van der Waals surface area contributed by atoms with Crippen LogP contribution in [0.2, 0.25) is 0 Å². The van der Waals surface area contributed by atoms with Crippen LogP contribution in [0.1, 0.15) is 178 Å². The second-order valence-electron chi connectivity index (χ2n) is 15.7. The summed E-state index contributed by atoms with van der Waals surface area (Å²) in [5.74, 6) is 0. The van der Waals surface area contributed by atoms with Crippen molar-refractivity contribution in [2.45, 2.75) is 192 Å². The molecule has 4 aromatic rings. The van der Waals surface area contributed by atoms with E-state index in [2.05, 4.69) is 39.8 Å². The standard InChI is InChI=1S/2C24H36O3S.Ba/c2*1-3-5-7-9-11-14-20-16-13-17-23-22(20)19-18-21(24(23)28(25,26)27)15-12-10-8-6-4-2;/h2*13,16-19H,3-12,14-15H2,1-2H3,(H,25,26,27);/q;;+2/p-2. The topological polar surface area (TPSA) is 114 Å². The molecule has 0 radical (unpaired) electrons. The summed E-state index contributed by atoms with van der Waals surface area (Å²) in [7, 11) is -9.01. The van der Waals surface area contributed by atoms with Crippen LogP contribution in [0.5, 0.6) is 0 Å². The van der Waals surface area contributed by atoms with Crippen LogP contribution >= 0.6 is 0 Å². The van der Waals surface area contributed by atoms with E-state index >= 15 is 0 Å². The van der Waals surface area contributed by atoms with E-state index in [-0.39, 0.29) is 58.7 Å². The Morgan fingerprint density at radius 1 is 0.351 bits per heavy atom. The molecule has 0 aliphatic heterocycles. The summed E-state index contributed by atoms with van der Waals surface area (Å²) in [6.45, 7) is 8.76. The van der Waals surface area contributed by atoms with Gasteiger partial charge in [-0.15, -0.1) is 0 Å². The SMILES string of the molecule is CCCCCCCc1ccc2c(CCCCCCC)cccc2c1S(=O)(=O)[O-].CCCCCCCc1ccc2c(CCCCCCC)cccc2c1S(=O)(=O)[O-].[Ba+2]. The Morgan fingerprint density at radius 2 is 0.632 bits per heavy atom. The Kier molecular flexibility index (Phi) is 25.8. The Balaban J connectivity index is 0.000000387. The minimum absolute atomic E-state index is 0. The Labute approximate surface area is 387 Å². The number of hydrogen-bond donors (Lipinski definition) is 0. The van der Waals surface area contributed by atoms with E-state index < -0.39 is 20.2 Å². The van der Waals surface area contributed by atoms with Gasteiger partial charge in [0.2, 0.25) is 0 Å². The van der Waals surface area contributed by atoms with Crippen LogP contribution in [0.25, 0.3) is 21.5 Å². The molecule has 6 nitrogen and oxygen atoms in total. The Bertz CT molecular complexity index is 1830. The Hall–Kier alpha value is -1.21. The van der Waals surface area contributed by atoms with Crippen molar-refractivity contribution in [1.82, 2.24) is 0 Å². The number of unbranched alkanes of at least 4 members (excludes halogenated alkanes) is 16. The number of benzene rings is 4. The molecule has 0 amide bonds. The van der Waals surface area contributed by atoms with Crippen LogP contribution in [-0.2, 0) is 45.9 Å². The van der Waals surface area contributed by atoms with Gasteiger partial charge in [0.05, 0.1) is 9.79 Å². The number of hydrogen-bond acceptors (Lipinski definition) is 6. The van der Waals surface area contributed by atoms with Crippen LogP contribution in [0, 0.1) is 0 Å². The minimum atomic E-state index is -4.51. The summed E-state index contributed by atoms with van der Waals surface area (Å²) >= 11 is 0. The first-order valence-corrected chi connectivity index (χ1v) is 24.8. The zero-order valence-corrected chi connectivity index (χ0v) is 41.8. The largest absolute Gasteiger partial charge is 2.00 e. The molecule has 0 aromatic heterocycles. The molecule has 0 atom stereocenters. The molecular weight excluding hydrogens is 874 g/mol. The molecule has 0 saturated heterocycles. The smallest absolute Gasteiger partial charge is 0.744 e. The third-order valence-electron chi connectivity index (χ3n) is 11.1. The third-order valence-corrected chi connectivity index (χ3v) is 13.0. The maximum atomic E-state index is 12.1. The van der Waals surface area contributed by atoms with Gasteiger partial charge in [0, 0.05) is 0 Å². The zero-order chi connectivity index (χ0) is 40.8. The first kappa shape index (κ1) is 51.9. The van der Waals surface area contributed by atoms with Gasteiger partial charge in [0.1, 0.15) is 20.2 Å². The zero-order valence-electron chi connectivity index (χ0n) is 35.7. The molecule has 0 aliphatic rings. The van der Waals surface area contributed by atoms with Gasteiger partial charge in [-0.3, -0.25) is 0 Å². The van der Waals surface area contributed by atoms with E-state index in [1.807, 2.05) is 36.4 Å². The normalized spacial score (nSPS) is 11.8. The molecule has 312 valence electrons. The molecule has 0 aliphatic carbocycles. The summed E-state index contributed by atoms with van der Waals surface area (Å²) in [6, 6.07) is 19.3. The average molecular weight is 945 g/mol. The number of rotatable bonds is 26. The van der Waals surface area contributed by atoms with Crippen molar-refractivity contribution in [2.24, 2.45) is 0 Å². The number of fused-ring (bicyclic) bond motifs is 2. The molecule has 9 heteroatoms. The first-order chi connectivity index (χ1) is 27.0. The van der Waals surface area contributed by atoms with Gasteiger partial charge in [-0.05, 0) is 95.2 Å². The fourth-order valence-electron chi connectivity index (χ4n) is 7.98. The predicted octanol–water partition coefficient (Wildman–Crippen LogP) is 13.2. The van der Waals surface area contributed by atoms with Crippen LogP contribution in [0.3, 0.4) is 0 Å². The van der Waals surface area contributed by atoms with Gasteiger partial charge in [-0.2, -0.15) is 0 Å². The summed E-state index contributed by atoms with van der Waals surface area (Å²) in [5, 5.41) is 3.04. The van der Waals surface area contributed by atoms with Crippen LogP contribution in [-0.4, -0.2) is 74.8 Å². The van der Waals surface area contributed by atoms with E-state index in [0.29, 0.717) is 34.7 Å². The van der Waals surface area contributed by atoms with Gasteiger partial charge in [0.25, 0.3) is 0 Å². The molecule has 4 aromatic carbocycles. The first-order valence-electron chi connectivity index (χ1n) is 22.0. The van der Waals surface area contributed by atoms with Crippen molar-refractivity contribution in [1.29, 1.82) is 0 Å². The molecule has 57 heavy (non-hydrogen) atoms. The third kappa shape index (κ3) is 17.7. The molecule has 0 fully saturated rings. The fraction of sp³-hybridized carbons (Fsp3) is 0.583. The van der Waals surface area contributed by atoms with Crippen LogP contribution < -0.4 is 0 Å². The average Bonchev–Trinajstić information content (AvgIpc) is 3.16. The van der Waals surface area contributed by atoms with Crippen LogP contribution in [0.4, 0.5) is 0 Å². The van der Waals surface area contributed by atoms with Crippen molar-refractivity contribution in [3.05, 3.63) is 82.9 Å². The maximum absolute atomic E-state index is 12.1. The molecule has 0 spiro atoms. The summed E-state index contributed by atoms with van der Waals surface area (Å²) in [5.41, 5.74) is 3.65. The maximum Gasteiger partial charge on any atom is 2.00 e. The molecule has 0 unspecified atom stereocenters. The predicted molar refractivity (Wildman–Crippen MR) is 239 cm³/mol. The quantitative estimate of drug-likeness (QED) is 0.0352. The summed E-state index contributed by atoms with van der Waals surface area (Å²) in [6.07, 6.45) is 26.2. The van der Waals surface area contributed by atoms with Crippen molar-refractivity contribution in [3.8, 4) is 0 Å². The van der Waals surface area contributed by atoms with E-state index in [0.717, 1.165) is 86.1 Å². The van der Waals surface area contributed by atoms with Crippen LogP contribution in [0.15, 0.2) is 70.5 Å². The van der Waals surface area contributed by atoms with Crippen molar-refractivity contribution < 1.29 is 25.9 Å². The van der Waals surface area contributed by atoms with Crippen molar-refractivity contribution >= 4 is 90.7 Å². The van der Waals surface area contributed by atoms with Crippen molar-refractivity contribution in [3.63, 3.8) is 0 Å². The second kappa shape index (κ2) is 28.3. The second-order valence-corrected chi connectivity index (χ2v) is 18.3. The van der Waals surface area contributed by atoms with E-state index in [1.54, 1.807) is 12.1 Å². The van der Waals surface area contributed by atoms with Gasteiger partial charge in [0.15, 0.2) is 0 Å². The van der Waals surface area contributed by atoms with Gasteiger partial charge in [-0.1, -0.05) is 191 Å². The molecule has 0 heterocycles. The molecular formula is C48H70BaO6S2. The number of aryl methyl sites for hydroxylation is 4. The molecule has 0 saturated carbocycles. The summed E-state index contributed by atoms with van der Waals surface area (Å²) in [4.78, 5) is 0.0154. The van der Waals surface area contributed by atoms with Gasteiger partial charge in [-0.25, -0.2) is 16.8 Å². The minimum Gasteiger partial charge on any atom is -0.744 e. The fourth-order valence-corrected chi connectivity index (χ4v) is 9.85. The van der Waals surface area contributed by atoms with E-state index in [1.165, 1.54) is 77.0 Å². The molecule has 4 rings (SSSR count). The van der Waals surface area contributed by atoms with Gasteiger partial charge >= 0.3 is 48.9 Å². The molecule has 0 N–H and O–H groups in total. The van der Waals surface area contributed by atoms with Crippen molar-refractivity contribution in [2.75, 3.05) is 0 Å². The monoisotopic (exact) mass is 944 g/mol. The Morgan fingerprint density at radius 3 is 0.912 bits per heavy atom. The molecule has 0 bridgehead atoms. The summed E-state index contributed by atoms with van der Waals surface area (Å²) < 4.78 is 72.5.